The van der Waals surface area contributed by atoms with Crippen LogP contribution in [0.15, 0.2) is 12.1 Å². The van der Waals surface area contributed by atoms with Gasteiger partial charge in [0.2, 0.25) is 0 Å². The number of hydrogen-bond acceptors (Lipinski definition) is 2. The molecule has 0 unspecified atom stereocenters. The zero-order chi connectivity index (χ0) is 9.30. The fourth-order valence-corrected chi connectivity index (χ4v) is 0.830. The smallest absolute Gasteiger partial charge is 0.178 e. The lowest BCUT2D eigenvalue weighted by atomic mass is 10.2. The van der Waals surface area contributed by atoms with Crippen LogP contribution in [0.2, 0.25) is 5.02 Å². The van der Waals surface area contributed by atoms with Crippen LogP contribution in [0, 0.1) is 11.6 Å². The summed E-state index contributed by atoms with van der Waals surface area (Å²) in [6.07, 6.45) is 0. The highest BCUT2D eigenvalue weighted by molar-refractivity contribution is 6.30. The maximum Gasteiger partial charge on any atom is 0.178 e. The zero-order valence-electron chi connectivity index (χ0n) is 5.61. The third kappa shape index (κ3) is 1.38. The Morgan fingerprint density at radius 2 is 1.92 bits per heavy atom. The van der Waals surface area contributed by atoms with E-state index in [4.69, 9.17) is 11.6 Å². The fraction of sp³-hybridized carbons (Fsp3) is 0. The van der Waals surface area contributed by atoms with Crippen LogP contribution in [0.1, 0.15) is 10.4 Å². The Morgan fingerprint density at radius 3 is 2.42 bits per heavy atom. The monoisotopic (exact) mass is 191 g/mol. The van der Waals surface area contributed by atoms with Crippen LogP contribution in [0.3, 0.4) is 0 Å². The molecule has 0 N–H and O–H groups in total. The van der Waals surface area contributed by atoms with E-state index in [0.29, 0.717) is 0 Å². The first-order valence-electron chi connectivity index (χ1n) is 2.89. The molecule has 0 aromatic heterocycles. The second-order valence-corrected chi connectivity index (χ2v) is 2.42. The maximum atomic E-state index is 12.6. The molecule has 0 aliphatic rings. The molecule has 0 amide bonds. The van der Waals surface area contributed by atoms with Gasteiger partial charge in [-0.2, -0.15) is 0 Å². The molecule has 1 rings (SSSR count). The summed E-state index contributed by atoms with van der Waals surface area (Å²) in [5.74, 6) is -4.65. The van der Waals surface area contributed by atoms with Crippen LogP contribution >= 0.6 is 11.6 Å². The molecule has 64 valence electrons. The van der Waals surface area contributed by atoms with Gasteiger partial charge in [0.15, 0.2) is 11.6 Å². The lowest BCUT2D eigenvalue weighted by molar-refractivity contribution is -0.255. The van der Waals surface area contributed by atoms with E-state index in [1.807, 2.05) is 0 Å². The summed E-state index contributed by atoms with van der Waals surface area (Å²) in [5, 5.41) is 9.66. The molecule has 0 aliphatic carbocycles. The summed E-state index contributed by atoms with van der Waals surface area (Å²) < 4.78 is 25.2. The van der Waals surface area contributed by atoms with Crippen molar-refractivity contribution in [2.24, 2.45) is 0 Å². The minimum atomic E-state index is -1.77. The van der Waals surface area contributed by atoms with E-state index in [1.165, 1.54) is 0 Å². The Balaban J connectivity index is 3.36. The summed E-state index contributed by atoms with van der Waals surface area (Å²) in [7, 11) is 0. The number of benzene rings is 1. The van der Waals surface area contributed by atoms with Crippen molar-refractivity contribution in [1.82, 2.24) is 0 Å². The average molecular weight is 192 g/mol. The Hall–Kier alpha value is -1.16. The van der Waals surface area contributed by atoms with Gasteiger partial charge < -0.3 is 9.90 Å². The second-order valence-electron chi connectivity index (χ2n) is 2.01. The lowest BCUT2D eigenvalue weighted by Gasteiger charge is -2.04. The number of halogens is 3. The highest BCUT2D eigenvalue weighted by atomic mass is 35.5. The highest BCUT2D eigenvalue weighted by Gasteiger charge is 2.11. The average Bonchev–Trinajstić information content (AvgIpc) is 2.00. The molecule has 0 bridgehead atoms. The van der Waals surface area contributed by atoms with Crippen molar-refractivity contribution in [2.45, 2.75) is 0 Å². The van der Waals surface area contributed by atoms with Crippen LogP contribution in [-0.4, -0.2) is 5.97 Å². The van der Waals surface area contributed by atoms with E-state index in [-0.39, 0.29) is 0 Å². The highest BCUT2D eigenvalue weighted by Crippen LogP contribution is 2.19. The van der Waals surface area contributed by atoms with Gasteiger partial charge in [-0.3, -0.25) is 0 Å². The molecule has 0 spiro atoms. The van der Waals surface area contributed by atoms with Crippen molar-refractivity contribution in [3.63, 3.8) is 0 Å². The molecular weight excluding hydrogens is 190 g/mol. The van der Waals surface area contributed by atoms with Gasteiger partial charge in [0.25, 0.3) is 0 Å². The Bertz CT molecular complexity index is 338. The van der Waals surface area contributed by atoms with E-state index in [0.717, 1.165) is 12.1 Å². The van der Waals surface area contributed by atoms with E-state index < -0.39 is 28.2 Å². The number of carboxylic acid groups (broad SMARTS) is 1. The van der Waals surface area contributed by atoms with E-state index in [1.54, 1.807) is 0 Å². The zero-order valence-corrected chi connectivity index (χ0v) is 6.36. The molecule has 0 saturated carbocycles. The van der Waals surface area contributed by atoms with Gasteiger partial charge >= 0.3 is 0 Å². The first-order chi connectivity index (χ1) is 5.54. The number of rotatable bonds is 1. The third-order valence-electron chi connectivity index (χ3n) is 1.26. The standard InChI is InChI=1S/C7H3ClF2O2/c8-4-2-1-3(7(11)12)5(9)6(4)10/h1-2H,(H,11,12)/p-1. The molecule has 0 saturated heterocycles. The van der Waals surface area contributed by atoms with Gasteiger partial charge in [-0.25, -0.2) is 8.78 Å². The summed E-state index contributed by atoms with van der Waals surface area (Å²) in [6, 6.07) is 1.79. The largest absolute Gasteiger partial charge is 0.545 e. The Morgan fingerprint density at radius 1 is 1.33 bits per heavy atom. The molecule has 0 aliphatic heterocycles. The molecule has 1 aromatic carbocycles. The molecule has 0 atom stereocenters. The quantitative estimate of drug-likeness (QED) is 0.621. The van der Waals surface area contributed by atoms with Crippen molar-refractivity contribution in [3.05, 3.63) is 34.4 Å². The van der Waals surface area contributed by atoms with Crippen LogP contribution in [0.4, 0.5) is 8.78 Å². The summed E-state index contributed by atoms with van der Waals surface area (Å²) >= 11 is 5.16. The number of hydrogen-bond donors (Lipinski definition) is 0. The van der Waals surface area contributed by atoms with Gasteiger partial charge in [0.1, 0.15) is 0 Å². The van der Waals surface area contributed by atoms with Gasteiger partial charge in [0.05, 0.1) is 11.0 Å². The Labute approximate surface area is 71.4 Å². The van der Waals surface area contributed by atoms with Gasteiger partial charge in [-0.15, -0.1) is 0 Å². The molecule has 2 nitrogen and oxygen atoms in total. The van der Waals surface area contributed by atoms with Crippen molar-refractivity contribution in [1.29, 1.82) is 0 Å². The number of aromatic carboxylic acids is 1. The van der Waals surface area contributed by atoms with Crippen LogP contribution < -0.4 is 5.11 Å². The Kier molecular flexibility index (Phi) is 2.28. The minimum Gasteiger partial charge on any atom is -0.545 e. The summed E-state index contributed by atoms with van der Waals surface area (Å²) in [5.41, 5.74) is -0.836. The molecule has 0 fully saturated rings. The lowest BCUT2D eigenvalue weighted by Crippen LogP contribution is -2.24. The molecule has 0 radical (unpaired) electrons. The van der Waals surface area contributed by atoms with Gasteiger partial charge in [-0.1, -0.05) is 11.6 Å². The second kappa shape index (κ2) is 3.06. The van der Waals surface area contributed by atoms with Crippen molar-refractivity contribution < 1.29 is 18.7 Å². The normalized spacial score (nSPS) is 9.92. The third-order valence-corrected chi connectivity index (χ3v) is 1.55. The first kappa shape index (κ1) is 8.93. The van der Waals surface area contributed by atoms with Crippen molar-refractivity contribution in [3.8, 4) is 0 Å². The van der Waals surface area contributed by atoms with Crippen molar-refractivity contribution >= 4 is 17.6 Å². The predicted octanol–water partition coefficient (Wildman–Crippen LogP) is 0.982. The molecule has 12 heavy (non-hydrogen) atoms. The molecular formula is C7H2ClF2O2-. The van der Waals surface area contributed by atoms with E-state index in [2.05, 4.69) is 0 Å². The van der Waals surface area contributed by atoms with Crippen LogP contribution in [-0.2, 0) is 0 Å². The van der Waals surface area contributed by atoms with Crippen LogP contribution in [0.25, 0.3) is 0 Å². The summed E-state index contributed by atoms with van der Waals surface area (Å²) in [6.45, 7) is 0. The van der Waals surface area contributed by atoms with Crippen molar-refractivity contribution in [2.75, 3.05) is 0 Å². The minimum absolute atomic E-state index is 0.461. The van der Waals surface area contributed by atoms with Gasteiger partial charge in [0, 0.05) is 5.56 Å². The van der Waals surface area contributed by atoms with E-state index in [9.17, 15) is 18.7 Å². The van der Waals surface area contributed by atoms with E-state index >= 15 is 0 Å². The number of carbonyl (C=O) groups is 1. The topological polar surface area (TPSA) is 40.1 Å². The SMILES string of the molecule is O=C([O-])c1ccc(Cl)c(F)c1F. The first-order valence-corrected chi connectivity index (χ1v) is 3.26. The maximum absolute atomic E-state index is 12.6. The number of carboxylic acids is 1. The van der Waals surface area contributed by atoms with Gasteiger partial charge in [-0.05, 0) is 12.1 Å². The molecule has 1 aromatic rings. The summed E-state index contributed by atoms with van der Waals surface area (Å²) in [4.78, 5) is 10.1. The van der Waals surface area contributed by atoms with Crippen LogP contribution in [0.5, 0.6) is 0 Å². The molecule has 5 heteroatoms. The fourth-order valence-electron chi connectivity index (χ4n) is 0.684. The predicted molar refractivity (Wildman–Crippen MR) is 35.7 cm³/mol. The number of carbonyl (C=O) groups excluding carboxylic acids is 1. The molecule has 0 heterocycles.